The van der Waals surface area contributed by atoms with E-state index in [2.05, 4.69) is 46.0 Å². The van der Waals surface area contributed by atoms with Crippen molar-refractivity contribution in [2.24, 2.45) is 0 Å². The third kappa shape index (κ3) is 3.09. The minimum absolute atomic E-state index is 0.352. The summed E-state index contributed by atoms with van der Waals surface area (Å²) in [5.74, 6) is 1.82. The Morgan fingerprint density at radius 2 is 1.81 bits per heavy atom. The van der Waals surface area contributed by atoms with Crippen LogP contribution < -0.4 is 0 Å². The highest BCUT2D eigenvalue weighted by Crippen LogP contribution is 2.20. The van der Waals surface area contributed by atoms with E-state index in [9.17, 15) is 0 Å². The molecule has 0 aliphatic rings. The lowest BCUT2D eigenvalue weighted by Gasteiger charge is -2.07. The molecule has 21 heavy (non-hydrogen) atoms. The number of fused-ring (bicyclic) bond motifs is 1. The molecule has 0 aliphatic heterocycles. The van der Waals surface area contributed by atoms with E-state index in [1.54, 1.807) is 0 Å². The largest absolute Gasteiger partial charge is 0.326 e. The van der Waals surface area contributed by atoms with Crippen molar-refractivity contribution >= 4 is 22.8 Å². The molecule has 0 saturated heterocycles. The maximum absolute atomic E-state index is 8.96. The summed E-state index contributed by atoms with van der Waals surface area (Å²) >= 11 is 1.82. The Morgan fingerprint density at radius 1 is 1.05 bits per heavy atom. The molecular formula is C17H15N3S. The van der Waals surface area contributed by atoms with Crippen molar-refractivity contribution in [1.82, 2.24) is 9.55 Å². The van der Waals surface area contributed by atoms with Crippen LogP contribution in [-0.4, -0.2) is 15.3 Å². The summed E-state index contributed by atoms with van der Waals surface area (Å²) in [5, 5.41) is 8.96. The minimum Gasteiger partial charge on any atom is -0.326 e. The highest BCUT2D eigenvalue weighted by Gasteiger charge is 2.09. The first kappa shape index (κ1) is 13.7. The molecule has 3 aromatic rings. The Bertz CT molecular complexity index is 772. The fourth-order valence-electron chi connectivity index (χ4n) is 2.35. The highest BCUT2D eigenvalue weighted by molar-refractivity contribution is 7.99. The molecule has 3 nitrogen and oxygen atoms in total. The van der Waals surface area contributed by atoms with Gasteiger partial charge in [-0.15, -0.1) is 11.8 Å². The number of thioether (sulfide) groups is 1. The van der Waals surface area contributed by atoms with E-state index in [4.69, 9.17) is 5.26 Å². The topological polar surface area (TPSA) is 41.6 Å². The number of imidazole rings is 1. The lowest BCUT2D eigenvalue weighted by Crippen LogP contribution is -2.05. The highest BCUT2D eigenvalue weighted by atomic mass is 32.2. The Hall–Kier alpha value is -2.25. The zero-order valence-corrected chi connectivity index (χ0v) is 12.4. The van der Waals surface area contributed by atoms with Crippen LogP contribution in [0.15, 0.2) is 59.5 Å². The number of hydrogen-bond acceptors (Lipinski definition) is 3. The standard InChI is InChI=1S/C17H15N3S/c18-11-10-17-19-15-8-4-5-9-16(15)20(17)12-13-21-14-6-2-1-3-7-14/h1-9H,10,12-13H2. The molecule has 0 N–H and O–H groups in total. The van der Waals surface area contributed by atoms with Gasteiger partial charge in [-0.2, -0.15) is 5.26 Å². The predicted octanol–water partition coefficient (Wildman–Crippen LogP) is 3.89. The third-order valence-electron chi connectivity index (χ3n) is 3.30. The molecule has 2 aromatic carbocycles. The molecule has 1 aromatic heterocycles. The van der Waals surface area contributed by atoms with Crippen molar-refractivity contribution < 1.29 is 0 Å². The van der Waals surface area contributed by atoms with Crippen LogP contribution in [0.3, 0.4) is 0 Å². The maximum atomic E-state index is 8.96. The van der Waals surface area contributed by atoms with Gasteiger partial charge in [-0.3, -0.25) is 0 Å². The second kappa shape index (κ2) is 6.47. The third-order valence-corrected chi connectivity index (χ3v) is 4.29. The van der Waals surface area contributed by atoms with Gasteiger partial charge in [0, 0.05) is 17.2 Å². The molecule has 0 unspecified atom stereocenters. The van der Waals surface area contributed by atoms with Crippen molar-refractivity contribution in [3.8, 4) is 6.07 Å². The number of hydrogen-bond donors (Lipinski definition) is 0. The number of benzene rings is 2. The average molecular weight is 293 g/mol. The van der Waals surface area contributed by atoms with Crippen molar-refractivity contribution in [2.75, 3.05) is 5.75 Å². The van der Waals surface area contributed by atoms with E-state index in [-0.39, 0.29) is 0 Å². The van der Waals surface area contributed by atoms with E-state index < -0.39 is 0 Å². The Morgan fingerprint density at radius 3 is 2.62 bits per heavy atom. The zero-order valence-electron chi connectivity index (χ0n) is 11.6. The second-order valence-corrected chi connectivity index (χ2v) is 5.83. The van der Waals surface area contributed by atoms with E-state index in [0.29, 0.717) is 6.42 Å². The number of aromatic nitrogens is 2. The predicted molar refractivity (Wildman–Crippen MR) is 86.2 cm³/mol. The molecule has 0 saturated carbocycles. The zero-order chi connectivity index (χ0) is 14.5. The average Bonchev–Trinajstić information content (AvgIpc) is 2.87. The molecule has 104 valence electrons. The van der Waals surface area contributed by atoms with Crippen LogP contribution in [0.1, 0.15) is 5.82 Å². The van der Waals surface area contributed by atoms with Gasteiger partial charge in [-0.25, -0.2) is 4.98 Å². The molecule has 0 fully saturated rings. The van der Waals surface area contributed by atoms with E-state index in [0.717, 1.165) is 29.2 Å². The number of nitriles is 1. The second-order valence-electron chi connectivity index (χ2n) is 4.66. The van der Waals surface area contributed by atoms with E-state index in [1.807, 2.05) is 36.0 Å². The van der Waals surface area contributed by atoms with Crippen LogP contribution >= 0.6 is 11.8 Å². The Balaban J connectivity index is 1.79. The van der Waals surface area contributed by atoms with Crippen molar-refractivity contribution in [3.63, 3.8) is 0 Å². The molecule has 0 radical (unpaired) electrons. The number of para-hydroxylation sites is 2. The van der Waals surface area contributed by atoms with Gasteiger partial charge >= 0.3 is 0 Å². The van der Waals surface area contributed by atoms with Gasteiger partial charge in [0.05, 0.1) is 23.5 Å². The number of aryl methyl sites for hydroxylation is 1. The van der Waals surface area contributed by atoms with Crippen LogP contribution in [0.4, 0.5) is 0 Å². The molecule has 4 heteroatoms. The molecule has 0 aliphatic carbocycles. The first-order valence-electron chi connectivity index (χ1n) is 6.87. The summed E-state index contributed by atoms with van der Waals surface area (Å²) in [6, 6.07) is 20.6. The number of rotatable bonds is 5. The summed E-state index contributed by atoms with van der Waals surface area (Å²) < 4.78 is 2.16. The van der Waals surface area contributed by atoms with Gasteiger partial charge in [0.25, 0.3) is 0 Å². The molecule has 0 atom stereocenters. The van der Waals surface area contributed by atoms with E-state index in [1.165, 1.54) is 4.90 Å². The maximum Gasteiger partial charge on any atom is 0.124 e. The molecule has 0 spiro atoms. The first-order valence-corrected chi connectivity index (χ1v) is 7.86. The van der Waals surface area contributed by atoms with Crippen LogP contribution in [0.25, 0.3) is 11.0 Å². The van der Waals surface area contributed by atoms with Crippen molar-refractivity contribution in [1.29, 1.82) is 5.26 Å². The van der Waals surface area contributed by atoms with Crippen molar-refractivity contribution in [3.05, 3.63) is 60.4 Å². The molecule has 3 rings (SSSR count). The van der Waals surface area contributed by atoms with Crippen LogP contribution in [0.2, 0.25) is 0 Å². The Labute approximate surface area is 128 Å². The summed E-state index contributed by atoms with van der Waals surface area (Å²) in [5.41, 5.74) is 2.07. The van der Waals surface area contributed by atoms with Gasteiger partial charge in [0.2, 0.25) is 0 Å². The van der Waals surface area contributed by atoms with Gasteiger partial charge < -0.3 is 4.57 Å². The smallest absolute Gasteiger partial charge is 0.124 e. The lowest BCUT2D eigenvalue weighted by atomic mass is 10.3. The molecule has 0 bridgehead atoms. The van der Waals surface area contributed by atoms with Crippen LogP contribution in [0, 0.1) is 11.3 Å². The fraction of sp³-hybridized carbons (Fsp3) is 0.176. The minimum atomic E-state index is 0.352. The van der Waals surface area contributed by atoms with Crippen LogP contribution in [0.5, 0.6) is 0 Å². The summed E-state index contributed by atoms with van der Waals surface area (Å²) in [4.78, 5) is 5.83. The Kier molecular flexibility index (Phi) is 4.23. The number of nitrogens with zero attached hydrogens (tertiary/aromatic N) is 3. The summed E-state index contributed by atoms with van der Waals surface area (Å²) in [6.45, 7) is 0.858. The molecule has 1 heterocycles. The van der Waals surface area contributed by atoms with Gasteiger partial charge in [-0.1, -0.05) is 30.3 Å². The molecular weight excluding hydrogens is 278 g/mol. The van der Waals surface area contributed by atoms with Gasteiger partial charge in [-0.05, 0) is 24.3 Å². The van der Waals surface area contributed by atoms with E-state index >= 15 is 0 Å². The summed E-state index contributed by atoms with van der Waals surface area (Å²) in [6.07, 6.45) is 0.352. The molecule has 0 amide bonds. The fourth-order valence-corrected chi connectivity index (χ4v) is 3.21. The monoisotopic (exact) mass is 293 g/mol. The SMILES string of the molecule is N#CCc1nc2ccccc2n1CCSc1ccccc1. The van der Waals surface area contributed by atoms with Gasteiger partial charge in [0.15, 0.2) is 0 Å². The quantitative estimate of drug-likeness (QED) is 0.670. The first-order chi connectivity index (χ1) is 10.4. The van der Waals surface area contributed by atoms with Crippen molar-refractivity contribution in [2.45, 2.75) is 17.9 Å². The van der Waals surface area contributed by atoms with Gasteiger partial charge in [0.1, 0.15) is 5.82 Å². The summed E-state index contributed by atoms with van der Waals surface area (Å²) in [7, 11) is 0. The normalized spacial score (nSPS) is 10.6. The lowest BCUT2D eigenvalue weighted by molar-refractivity contribution is 0.747. The van der Waals surface area contributed by atoms with Crippen LogP contribution in [-0.2, 0) is 13.0 Å².